The molecule has 0 bridgehead atoms. The number of hydrogen-bond acceptors (Lipinski definition) is 4. The van der Waals surface area contributed by atoms with Gasteiger partial charge in [0, 0.05) is 36.4 Å². The number of benzene rings is 2. The van der Waals surface area contributed by atoms with E-state index in [2.05, 4.69) is 10.4 Å². The fourth-order valence-electron chi connectivity index (χ4n) is 4.35. The number of nitrogens with zero attached hydrogens (tertiary/aromatic N) is 4. The molecule has 3 heterocycles. The molecular weight excluding hydrogens is 414 g/mol. The smallest absolute Gasteiger partial charge is 0.256 e. The molecule has 0 unspecified atom stereocenters. The van der Waals surface area contributed by atoms with Crippen LogP contribution in [0.15, 0.2) is 60.8 Å². The lowest BCUT2D eigenvalue weighted by Gasteiger charge is -2.15. The largest absolute Gasteiger partial charge is 0.322 e. The molecule has 1 aliphatic heterocycles. The maximum Gasteiger partial charge on any atom is 0.256 e. The number of nitrogens with one attached hydrogen (secondary N) is 1. The third-order valence-electron chi connectivity index (χ3n) is 5.98. The fraction of sp³-hybridized carbons (Fsp3) is 0.231. The van der Waals surface area contributed by atoms with Gasteiger partial charge in [0.2, 0.25) is 5.91 Å². The molecule has 166 valence electrons. The fourth-order valence-corrected chi connectivity index (χ4v) is 4.35. The van der Waals surface area contributed by atoms with Crippen molar-refractivity contribution in [2.75, 3.05) is 16.8 Å². The summed E-state index contributed by atoms with van der Waals surface area (Å²) < 4.78 is 1.84. The monoisotopic (exact) mass is 439 g/mol. The lowest BCUT2D eigenvalue weighted by molar-refractivity contribution is -0.116. The molecule has 2 aromatic carbocycles. The summed E-state index contributed by atoms with van der Waals surface area (Å²) in [5.74, 6) is -0.190. The molecule has 1 aliphatic rings. The van der Waals surface area contributed by atoms with Crippen molar-refractivity contribution < 1.29 is 9.59 Å². The van der Waals surface area contributed by atoms with Gasteiger partial charge in [-0.25, -0.2) is 9.67 Å². The molecule has 0 saturated carbocycles. The highest BCUT2D eigenvalue weighted by molar-refractivity contribution is 6.12. The van der Waals surface area contributed by atoms with Crippen molar-refractivity contribution in [1.29, 1.82) is 0 Å². The van der Waals surface area contributed by atoms with Crippen LogP contribution in [0.2, 0.25) is 0 Å². The number of amides is 2. The van der Waals surface area contributed by atoms with Gasteiger partial charge in [-0.05, 0) is 50.1 Å². The molecule has 0 aliphatic carbocycles. The Kier molecular flexibility index (Phi) is 5.17. The van der Waals surface area contributed by atoms with Crippen LogP contribution in [0.25, 0.3) is 22.3 Å². The molecule has 33 heavy (non-hydrogen) atoms. The molecule has 7 heteroatoms. The van der Waals surface area contributed by atoms with Crippen molar-refractivity contribution in [2.45, 2.75) is 33.2 Å². The van der Waals surface area contributed by atoms with Crippen LogP contribution in [0.5, 0.6) is 0 Å². The van der Waals surface area contributed by atoms with E-state index in [9.17, 15) is 9.59 Å². The second-order valence-corrected chi connectivity index (χ2v) is 8.56. The number of fused-ring (bicyclic) bond motifs is 2. The van der Waals surface area contributed by atoms with Gasteiger partial charge in [0.1, 0.15) is 0 Å². The van der Waals surface area contributed by atoms with E-state index < -0.39 is 0 Å². The Hall–Kier alpha value is -4.00. The predicted octanol–water partition coefficient (Wildman–Crippen LogP) is 4.84. The molecule has 2 amide bonds. The summed E-state index contributed by atoms with van der Waals surface area (Å²) in [6.45, 7) is 6.32. The maximum absolute atomic E-state index is 13.4. The van der Waals surface area contributed by atoms with Gasteiger partial charge in [-0.1, -0.05) is 30.3 Å². The summed E-state index contributed by atoms with van der Waals surface area (Å²) in [6, 6.07) is 17.4. The van der Waals surface area contributed by atoms with Crippen LogP contribution in [0.1, 0.15) is 42.7 Å². The van der Waals surface area contributed by atoms with E-state index in [4.69, 9.17) is 4.98 Å². The second kappa shape index (κ2) is 8.16. The number of aromatic nitrogens is 3. The summed E-state index contributed by atoms with van der Waals surface area (Å²) in [4.78, 5) is 31.8. The van der Waals surface area contributed by atoms with E-state index >= 15 is 0 Å². The number of anilines is 2. The maximum atomic E-state index is 13.4. The highest BCUT2D eigenvalue weighted by Gasteiger charge is 2.23. The van der Waals surface area contributed by atoms with Gasteiger partial charge in [0.25, 0.3) is 5.91 Å². The Morgan fingerprint density at radius 1 is 1.06 bits per heavy atom. The van der Waals surface area contributed by atoms with Crippen LogP contribution in [0, 0.1) is 0 Å². The van der Waals surface area contributed by atoms with Crippen molar-refractivity contribution in [3.63, 3.8) is 0 Å². The highest BCUT2D eigenvalue weighted by Crippen LogP contribution is 2.31. The van der Waals surface area contributed by atoms with E-state index in [1.807, 2.05) is 73.1 Å². The van der Waals surface area contributed by atoms with Crippen LogP contribution < -0.4 is 10.2 Å². The quantitative estimate of drug-likeness (QED) is 0.493. The number of pyridine rings is 1. The van der Waals surface area contributed by atoms with Crippen LogP contribution in [-0.4, -0.2) is 33.1 Å². The predicted molar refractivity (Wildman–Crippen MR) is 129 cm³/mol. The number of carbonyl (C=O) groups excluding carboxylic acids is 2. The minimum Gasteiger partial charge on any atom is -0.322 e. The molecule has 0 atom stereocenters. The third kappa shape index (κ3) is 3.75. The van der Waals surface area contributed by atoms with Crippen LogP contribution in [0.3, 0.4) is 0 Å². The van der Waals surface area contributed by atoms with Gasteiger partial charge in [-0.3, -0.25) is 9.59 Å². The number of hydrogen-bond donors (Lipinski definition) is 1. The molecule has 5 rings (SSSR count). The zero-order valence-electron chi connectivity index (χ0n) is 18.9. The molecule has 0 radical (unpaired) electrons. The first kappa shape index (κ1) is 20.9. The third-order valence-corrected chi connectivity index (χ3v) is 5.98. The van der Waals surface area contributed by atoms with Gasteiger partial charge >= 0.3 is 0 Å². The van der Waals surface area contributed by atoms with Crippen molar-refractivity contribution >= 4 is 34.2 Å². The Bertz CT molecular complexity index is 1370. The van der Waals surface area contributed by atoms with E-state index in [0.717, 1.165) is 28.9 Å². The molecule has 0 saturated heterocycles. The topological polar surface area (TPSA) is 80.1 Å². The van der Waals surface area contributed by atoms with Crippen molar-refractivity contribution in [2.24, 2.45) is 0 Å². The molecule has 0 spiro atoms. The number of rotatable bonds is 4. The van der Waals surface area contributed by atoms with E-state index in [0.29, 0.717) is 28.8 Å². The van der Waals surface area contributed by atoms with Crippen molar-refractivity contribution in [1.82, 2.24) is 14.8 Å². The molecule has 4 aromatic rings. The zero-order valence-corrected chi connectivity index (χ0v) is 18.9. The summed E-state index contributed by atoms with van der Waals surface area (Å²) in [5.41, 5.74) is 5.54. The second-order valence-electron chi connectivity index (χ2n) is 8.56. The molecule has 2 aromatic heterocycles. The number of carbonyl (C=O) groups is 2. The molecule has 7 nitrogen and oxygen atoms in total. The van der Waals surface area contributed by atoms with Crippen LogP contribution >= 0.6 is 0 Å². The summed E-state index contributed by atoms with van der Waals surface area (Å²) in [6.07, 6.45) is 2.48. The van der Waals surface area contributed by atoms with Gasteiger partial charge in [0.15, 0.2) is 5.65 Å². The van der Waals surface area contributed by atoms with Gasteiger partial charge in [-0.15, -0.1) is 0 Å². The summed E-state index contributed by atoms with van der Waals surface area (Å²) in [5, 5.41) is 8.24. The lowest BCUT2D eigenvalue weighted by atomic mass is 10.1. The Morgan fingerprint density at radius 2 is 1.85 bits per heavy atom. The highest BCUT2D eigenvalue weighted by atomic mass is 16.2. The van der Waals surface area contributed by atoms with Gasteiger partial charge in [0.05, 0.1) is 22.8 Å². The zero-order chi connectivity index (χ0) is 23.1. The average molecular weight is 440 g/mol. The standard InChI is InChI=1S/C26H25N5O2/c1-16(2)31-25-22(15-27-31)21(14-23(29-25)18-7-5-4-6-8-18)26(33)28-20-9-10-24-19(13-20)11-12-30(24)17(3)32/h4-10,13-16H,11-12H2,1-3H3,(H,28,33). The van der Waals surface area contributed by atoms with Crippen molar-refractivity contribution in [3.05, 3.63) is 71.9 Å². The lowest BCUT2D eigenvalue weighted by Crippen LogP contribution is -2.25. The van der Waals surface area contributed by atoms with Gasteiger partial charge in [-0.2, -0.15) is 5.10 Å². The summed E-state index contributed by atoms with van der Waals surface area (Å²) in [7, 11) is 0. The molecule has 1 N–H and O–H groups in total. The van der Waals surface area contributed by atoms with Crippen LogP contribution in [0.4, 0.5) is 11.4 Å². The Balaban J connectivity index is 1.54. The normalized spacial score (nSPS) is 12.9. The Labute approximate surface area is 192 Å². The Morgan fingerprint density at radius 3 is 2.58 bits per heavy atom. The molecular formula is C26H25N5O2. The van der Waals surface area contributed by atoms with Crippen molar-refractivity contribution in [3.8, 4) is 11.3 Å². The SMILES string of the molecule is CC(=O)N1CCc2cc(NC(=O)c3cc(-c4ccccc4)nc4c3cnn4C(C)C)ccc21. The summed E-state index contributed by atoms with van der Waals surface area (Å²) >= 11 is 0. The first-order chi connectivity index (χ1) is 15.9. The van der Waals surface area contributed by atoms with Gasteiger partial charge < -0.3 is 10.2 Å². The first-order valence-electron chi connectivity index (χ1n) is 11.1. The van der Waals surface area contributed by atoms with E-state index in [1.54, 1.807) is 18.0 Å². The van der Waals surface area contributed by atoms with E-state index in [-0.39, 0.29) is 17.9 Å². The molecule has 0 fully saturated rings. The first-order valence-corrected chi connectivity index (χ1v) is 11.1. The average Bonchev–Trinajstić information content (AvgIpc) is 3.43. The minimum atomic E-state index is -0.218. The minimum absolute atomic E-state index is 0.0281. The van der Waals surface area contributed by atoms with E-state index in [1.165, 1.54) is 0 Å². The van der Waals surface area contributed by atoms with Crippen LogP contribution in [-0.2, 0) is 11.2 Å².